The van der Waals surface area contributed by atoms with Crippen molar-refractivity contribution in [2.45, 2.75) is 0 Å². The molecule has 58 heavy (non-hydrogen) atoms. The van der Waals surface area contributed by atoms with Crippen LogP contribution in [0, 0.1) is 0 Å². The Kier molecular flexibility index (Phi) is 8.15. The van der Waals surface area contributed by atoms with E-state index in [1.165, 1.54) is 54.2 Å². The lowest BCUT2D eigenvalue weighted by Gasteiger charge is -2.15. The van der Waals surface area contributed by atoms with Crippen LogP contribution in [0.3, 0.4) is 0 Å². The molecule has 11 aromatic rings. The zero-order valence-corrected chi connectivity index (χ0v) is 31.5. The number of aromatic nitrogens is 3. The van der Waals surface area contributed by atoms with Gasteiger partial charge in [0.15, 0.2) is 17.5 Å². The van der Waals surface area contributed by atoms with E-state index in [-0.39, 0.29) is 0 Å². The summed E-state index contributed by atoms with van der Waals surface area (Å²) in [6, 6.07) is 75.3. The Morgan fingerprint density at radius 2 is 0.707 bits per heavy atom. The smallest absolute Gasteiger partial charge is 0.164 e. The maximum Gasteiger partial charge on any atom is 0.164 e. The van der Waals surface area contributed by atoms with E-state index in [1.54, 1.807) is 0 Å². The fourth-order valence-electron chi connectivity index (χ4n) is 8.49. The first-order chi connectivity index (χ1) is 28.7. The topological polar surface area (TPSA) is 38.7 Å². The van der Waals surface area contributed by atoms with E-state index in [0.29, 0.717) is 17.5 Å². The van der Waals surface area contributed by atoms with Crippen molar-refractivity contribution < 1.29 is 0 Å². The number of benzene rings is 10. The third kappa shape index (κ3) is 5.89. The van der Waals surface area contributed by atoms with Crippen LogP contribution in [0.4, 0.5) is 0 Å². The Morgan fingerprint density at radius 1 is 0.224 bits per heavy atom. The molecule has 0 saturated carbocycles. The van der Waals surface area contributed by atoms with Crippen LogP contribution in [0.15, 0.2) is 212 Å². The van der Waals surface area contributed by atoms with Gasteiger partial charge in [0.25, 0.3) is 0 Å². The highest BCUT2D eigenvalue weighted by Crippen LogP contribution is 2.40. The normalized spacial score (nSPS) is 11.4. The number of hydrogen-bond donors (Lipinski definition) is 0. The Balaban J connectivity index is 0.980. The zero-order valence-electron chi connectivity index (χ0n) is 31.5. The number of fused-ring (bicyclic) bond motifs is 5. The predicted octanol–water partition coefficient (Wildman–Crippen LogP) is 14.5. The van der Waals surface area contributed by atoms with Gasteiger partial charge in [0.1, 0.15) is 0 Å². The molecule has 3 heteroatoms. The van der Waals surface area contributed by atoms with Crippen molar-refractivity contribution in [2.24, 2.45) is 0 Å². The van der Waals surface area contributed by atoms with Crippen LogP contribution < -0.4 is 0 Å². The van der Waals surface area contributed by atoms with Crippen molar-refractivity contribution in [1.82, 2.24) is 15.0 Å². The van der Waals surface area contributed by atoms with Gasteiger partial charge in [-0.3, -0.25) is 0 Å². The molecule has 0 aliphatic carbocycles. The second kappa shape index (κ2) is 14.1. The average Bonchev–Trinajstić information content (AvgIpc) is 3.31. The summed E-state index contributed by atoms with van der Waals surface area (Å²) in [7, 11) is 0. The fourth-order valence-corrected chi connectivity index (χ4v) is 8.49. The van der Waals surface area contributed by atoms with Crippen LogP contribution >= 0.6 is 0 Å². The van der Waals surface area contributed by atoms with Gasteiger partial charge in [-0.05, 0) is 82.5 Å². The van der Waals surface area contributed by atoms with Gasteiger partial charge >= 0.3 is 0 Å². The number of hydrogen-bond acceptors (Lipinski definition) is 3. The summed E-state index contributed by atoms with van der Waals surface area (Å²) in [6.07, 6.45) is 0. The van der Waals surface area contributed by atoms with Crippen molar-refractivity contribution in [3.05, 3.63) is 212 Å². The first kappa shape index (κ1) is 33.6. The molecule has 0 radical (unpaired) electrons. The van der Waals surface area contributed by atoms with E-state index in [0.717, 1.165) is 38.9 Å². The molecule has 10 aromatic carbocycles. The average molecular weight is 738 g/mol. The monoisotopic (exact) mass is 737 g/mol. The minimum absolute atomic E-state index is 0.633. The fraction of sp³-hybridized carbons (Fsp3) is 0. The minimum Gasteiger partial charge on any atom is -0.208 e. The molecule has 270 valence electrons. The Morgan fingerprint density at radius 3 is 1.43 bits per heavy atom. The van der Waals surface area contributed by atoms with Gasteiger partial charge in [0.2, 0.25) is 0 Å². The van der Waals surface area contributed by atoms with Crippen molar-refractivity contribution in [3.8, 4) is 67.5 Å². The summed E-state index contributed by atoms with van der Waals surface area (Å²) < 4.78 is 0. The largest absolute Gasteiger partial charge is 0.208 e. The lowest BCUT2D eigenvalue weighted by molar-refractivity contribution is 1.07. The van der Waals surface area contributed by atoms with E-state index in [4.69, 9.17) is 15.0 Å². The van der Waals surface area contributed by atoms with Crippen molar-refractivity contribution in [1.29, 1.82) is 0 Å². The van der Waals surface area contributed by atoms with Gasteiger partial charge in [0, 0.05) is 16.7 Å². The van der Waals surface area contributed by atoms with E-state index in [9.17, 15) is 0 Å². The van der Waals surface area contributed by atoms with Crippen LogP contribution in [-0.2, 0) is 0 Å². The molecule has 11 rings (SSSR count). The summed E-state index contributed by atoms with van der Waals surface area (Å²) in [5.41, 5.74) is 9.81. The zero-order chi connectivity index (χ0) is 38.4. The molecular formula is C55H35N3. The van der Waals surface area contributed by atoms with Gasteiger partial charge in [-0.25, -0.2) is 15.0 Å². The van der Waals surface area contributed by atoms with Crippen LogP contribution in [0.25, 0.3) is 111 Å². The maximum absolute atomic E-state index is 5.16. The number of nitrogens with zero attached hydrogens (tertiary/aromatic N) is 3. The highest BCUT2D eigenvalue weighted by molar-refractivity contribution is 6.20. The second-order valence-electron chi connectivity index (χ2n) is 14.8. The summed E-state index contributed by atoms with van der Waals surface area (Å²) in [4.78, 5) is 15.3. The lowest BCUT2D eigenvalue weighted by atomic mass is 9.89. The van der Waals surface area contributed by atoms with Gasteiger partial charge in [-0.1, -0.05) is 206 Å². The van der Waals surface area contributed by atoms with Crippen molar-refractivity contribution >= 4 is 43.1 Å². The molecule has 0 saturated heterocycles. The molecule has 0 bridgehead atoms. The van der Waals surface area contributed by atoms with Gasteiger partial charge in [-0.15, -0.1) is 0 Å². The third-order valence-electron chi connectivity index (χ3n) is 11.3. The molecule has 0 spiro atoms. The summed E-state index contributed by atoms with van der Waals surface area (Å²) >= 11 is 0. The highest BCUT2D eigenvalue weighted by Gasteiger charge is 2.17. The molecule has 1 heterocycles. The molecule has 0 atom stereocenters. The predicted molar refractivity (Wildman–Crippen MR) is 242 cm³/mol. The first-order valence-electron chi connectivity index (χ1n) is 19.7. The van der Waals surface area contributed by atoms with E-state index >= 15 is 0 Å². The highest BCUT2D eigenvalue weighted by atomic mass is 15.0. The van der Waals surface area contributed by atoms with Gasteiger partial charge in [-0.2, -0.15) is 0 Å². The van der Waals surface area contributed by atoms with Crippen LogP contribution in [-0.4, -0.2) is 15.0 Å². The number of rotatable bonds is 6. The van der Waals surface area contributed by atoms with E-state index in [2.05, 4.69) is 194 Å². The summed E-state index contributed by atoms with van der Waals surface area (Å²) in [5.74, 6) is 1.91. The van der Waals surface area contributed by atoms with Gasteiger partial charge in [0.05, 0.1) is 0 Å². The van der Waals surface area contributed by atoms with Crippen LogP contribution in [0.1, 0.15) is 0 Å². The molecule has 0 unspecified atom stereocenters. The van der Waals surface area contributed by atoms with Crippen LogP contribution in [0.5, 0.6) is 0 Å². The molecule has 0 aliphatic heterocycles. The van der Waals surface area contributed by atoms with Crippen LogP contribution in [0.2, 0.25) is 0 Å². The lowest BCUT2D eigenvalue weighted by Crippen LogP contribution is -2.01. The molecule has 0 fully saturated rings. The summed E-state index contributed by atoms with van der Waals surface area (Å²) in [5, 5.41) is 9.97. The maximum atomic E-state index is 5.16. The molecule has 1 aromatic heterocycles. The molecule has 0 aliphatic rings. The van der Waals surface area contributed by atoms with Crippen molar-refractivity contribution in [2.75, 3.05) is 0 Å². The Labute approximate surface area is 336 Å². The standard InChI is InChI=1S/C55H35N3/c1-2-15-41(16-3-1)53-56-54(58-55(57-53)50-23-11-10-22-48(50)47-24-12-18-38-13-4-7-19-44(38)47)42-31-27-37(28-32-42)36-25-29-40(30-26-36)52-46-21-9-6-17-43(46)35-51-45-20-8-5-14-39(45)33-34-49(51)52/h1-35H. The molecule has 0 N–H and O–H groups in total. The van der Waals surface area contributed by atoms with E-state index < -0.39 is 0 Å². The SMILES string of the molecule is c1ccc(-c2nc(-c3ccc(-c4ccc(-c5c6ccccc6cc6c5ccc5ccccc56)cc4)cc3)nc(-c3ccccc3-c3cccc4ccccc34)n2)cc1. The van der Waals surface area contributed by atoms with Crippen molar-refractivity contribution in [3.63, 3.8) is 0 Å². The summed E-state index contributed by atoms with van der Waals surface area (Å²) in [6.45, 7) is 0. The first-order valence-corrected chi connectivity index (χ1v) is 19.7. The molecule has 3 nitrogen and oxygen atoms in total. The molecule has 0 amide bonds. The quantitative estimate of drug-likeness (QED) is 0.126. The van der Waals surface area contributed by atoms with E-state index in [1.807, 2.05) is 18.2 Å². The third-order valence-corrected chi connectivity index (χ3v) is 11.3. The minimum atomic E-state index is 0.633. The Hall–Kier alpha value is -7.75. The van der Waals surface area contributed by atoms with Gasteiger partial charge < -0.3 is 0 Å². The Bertz CT molecular complexity index is 3310. The molecular weight excluding hydrogens is 703 g/mol. The second-order valence-corrected chi connectivity index (χ2v) is 14.8.